The van der Waals surface area contributed by atoms with E-state index in [1.165, 1.54) is 16.2 Å². The third kappa shape index (κ3) is 4.87. The van der Waals surface area contributed by atoms with E-state index in [1.54, 1.807) is 16.7 Å². The van der Waals surface area contributed by atoms with Crippen molar-refractivity contribution in [1.82, 2.24) is 14.9 Å². The van der Waals surface area contributed by atoms with Crippen LogP contribution in [0.4, 0.5) is 5.13 Å². The van der Waals surface area contributed by atoms with E-state index in [-0.39, 0.29) is 30.7 Å². The summed E-state index contributed by atoms with van der Waals surface area (Å²) in [5.41, 5.74) is 7.06. The molecule has 3 heterocycles. The standard InChI is InChI=1S/C14H19N5OS2.2ClH/c1-2-19-6-4-9-11(7-19)22-14(17-9)18-13(20)10-8-21-12(16-10)3-5-15;;/h8H,2-7,15H2,1H3,(H,17,18,20);2*1H. The molecule has 0 fully saturated rings. The molecule has 3 N–H and O–H groups in total. The van der Waals surface area contributed by atoms with E-state index in [0.717, 1.165) is 36.8 Å². The van der Waals surface area contributed by atoms with Gasteiger partial charge in [-0.15, -0.1) is 47.5 Å². The molecule has 0 bridgehead atoms. The number of nitrogens with one attached hydrogen (secondary N) is 1. The van der Waals surface area contributed by atoms with E-state index in [1.807, 2.05) is 0 Å². The Hall–Kier alpha value is -0.770. The van der Waals surface area contributed by atoms with Crippen LogP contribution in [0.1, 0.15) is 33.0 Å². The van der Waals surface area contributed by atoms with Gasteiger partial charge in [-0.2, -0.15) is 0 Å². The Morgan fingerprint density at radius 3 is 2.92 bits per heavy atom. The number of nitrogens with zero attached hydrogens (tertiary/aromatic N) is 3. The fourth-order valence-corrected chi connectivity index (χ4v) is 4.23. The lowest BCUT2D eigenvalue weighted by molar-refractivity contribution is 0.102. The van der Waals surface area contributed by atoms with Crippen molar-refractivity contribution in [2.24, 2.45) is 5.73 Å². The number of rotatable bonds is 5. The van der Waals surface area contributed by atoms with E-state index < -0.39 is 0 Å². The number of aromatic nitrogens is 2. The van der Waals surface area contributed by atoms with Gasteiger partial charge in [-0.1, -0.05) is 6.92 Å². The molecule has 0 aromatic carbocycles. The Morgan fingerprint density at radius 2 is 2.21 bits per heavy atom. The largest absolute Gasteiger partial charge is 0.330 e. The summed E-state index contributed by atoms with van der Waals surface area (Å²) in [6, 6.07) is 0. The van der Waals surface area contributed by atoms with Crippen molar-refractivity contribution in [3.8, 4) is 0 Å². The van der Waals surface area contributed by atoms with Crippen molar-refractivity contribution in [2.45, 2.75) is 26.3 Å². The van der Waals surface area contributed by atoms with Crippen LogP contribution in [-0.2, 0) is 19.4 Å². The number of carbonyl (C=O) groups excluding carboxylic acids is 1. The molecule has 0 spiro atoms. The predicted octanol–water partition coefficient (Wildman–Crippen LogP) is 2.57. The number of thiazole rings is 2. The molecule has 2 aromatic rings. The highest BCUT2D eigenvalue weighted by Gasteiger charge is 2.21. The summed E-state index contributed by atoms with van der Waals surface area (Å²) >= 11 is 3.03. The molecular formula is C14H21Cl2N5OS2. The minimum Gasteiger partial charge on any atom is -0.330 e. The molecule has 0 radical (unpaired) electrons. The Labute approximate surface area is 161 Å². The molecule has 0 saturated carbocycles. The summed E-state index contributed by atoms with van der Waals surface area (Å²) in [6.07, 6.45) is 1.66. The van der Waals surface area contributed by atoms with Crippen molar-refractivity contribution < 1.29 is 4.79 Å². The fourth-order valence-electron chi connectivity index (χ4n) is 2.39. The summed E-state index contributed by atoms with van der Waals surface area (Å²) in [5.74, 6) is -0.196. The third-order valence-corrected chi connectivity index (χ3v) is 5.53. The summed E-state index contributed by atoms with van der Waals surface area (Å²) < 4.78 is 0. The topological polar surface area (TPSA) is 84.1 Å². The van der Waals surface area contributed by atoms with Gasteiger partial charge in [-0.3, -0.25) is 15.0 Å². The van der Waals surface area contributed by atoms with Gasteiger partial charge in [0.1, 0.15) is 5.69 Å². The van der Waals surface area contributed by atoms with Gasteiger partial charge >= 0.3 is 0 Å². The predicted molar refractivity (Wildman–Crippen MR) is 104 cm³/mol. The van der Waals surface area contributed by atoms with E-state index in [4.69, 9.17) is 5.73 Å². The monoisotopic (exact) mass is 409 g/mol. The van der Waals surface area contributed by atoms with Crippen LogP contribution in [0.15, 0.2) is 5.38 Å². The van der Waals surface area contributed by atoms with E-state index in [0.29, 0.717) is 23.8 Å². The SMILES string of the molecule is CCN1CCc2nc(NC(=O)c3csc(CCN)n3)sc2C1.Cl.Cl. The number of carbonyl (C=O) groups is 1. The Bertz CT molecular complexity index is 676. The van der Waals surface area contributed by atoms with Crippen molar-refractivity contribution in [2.75, 3.05) is 25.0 Å². The lowest BCUT2D eigenvalue weighted by Crippen LogP contribution is -2.29. The minimum absolute atomic E-state index is 0. The molecule has 0 atom stereocenters. The van der Waals surface area contributed by atoms with Gasteiger partial charge in [-0.25, -0.2) is 9.97 Å². The third-order valence-electron chi connectivity index (χ3n) is 3.62. The zero-order valence-corrected chi connectivity index (χ0v) is 16.5. The first kappa shape index (κ1) is 21.3. The molecule has 1 aliphatic rings. The molecule has 1 amide bonds. The van der Waals surface area contributed by atoms with E-state index in [9.17, 15) is 4.79 Å². The molecule has 0 saturated heterocycles. The fraction of sp³-hybridized carbons (Fsp3) is 0.500. The number of fused-ring (bicyclic) bond motifs is 1. The number of hydrogen-bond acceptors (Lipinski definition) is 7. The van der Waals surface area contributed by atoms with Crippen LogP contribution in [0.3, 0.4) is 0 Å². The number of hydrogen-bond donors (Lipinski definition) is 2. The Balaban J connectivity index is 0.00000144. The average Bonchev–Trinajstić information content (AvgIpc) is 3.12. The van der Waals surface area contributed by atoms with Crippen LogP contribution >= 0.6 is 47.5 Å². The van der Waals surface area contributed by atoms with Crippen LogP contribution in [0.5, 0.6) is 0 Å². The Morgan fingerprint density at radius 1 is 1.42 bits per heavy atom. The van der Waals surface area contributed by atoms with Gasteiger partial charge in [0.2, 0.25) is 0 Å². The minimum atomic E-state index is -0.196. The van der Waals surface area contributed by atoms with Crippen molar-refractivity contribution in [3.63, 3.8) is 0 Å². The first-order chi connectivity index (χ1) is 10.7. The van der Waals surface area contributed by atoms with Crippen molar-refractivity contribution in [3.05, 3.63) is 26.7 Å². The van der Waals surface area contributed by atoms with Crippen LogP contribution in [0.2, 0.25) is 0 Å². The van der Waals surface area contributed by atoms with Gasteiger partial charge in [0.05, 0.1) is 10.7 Å². The van der Waals surface area contributed by atoms with Crippen LogP contribution in [0.25, 0.3) is 0 Å². The maximum Gasteiger partial charge on any atom is 0.276 e. The first-order valence-corrected chi connectivity index (χ1v) is 9.06. The van der Waals surface area contributed by atoms with Crippen LogP contribution in [-0.4, -0.2) is 40.4 Å². The number of nitrogens with two attached hydrogens (primary N) is 1. The number of likely N-dealkylation sites (N-methyl/N-ethyl adjacent to an activating group) is 1. The molecule has 2 aromatic heterocycles. The molecule has 3 rings (SSSR count). The maximum absolute atomic E-state index is 12.2. The average molecular weight is 410 g/mol. The van der Waals surface area contributed by atoms with Gasteiger partial charge in [0.15, 0.2) is 5.13 Å². The molecule has 10 heteroatoms. The molecule has 6 nitrogen and oxygen atoms in total. The zero-order valence-electron chi connectivity index (χ0n) is 13.3. The number of anilines is 1. The van der Waals surface area contributed by atoms with E-state index >= 15 is 0 Å². The smallest absolute Gasteiger partial charge is 0.276 e. The van der Waals surface area contributed by atoms with Gasteiger partial charge in [0, 0.05) is 36.2 Å². The molecule has 0 aliphatic carbocycles. The zero-order chi connectivity index (χ0) is 15.5. The Kier molecular flexibility index (Phi) is 8.55. The van der Waals surface area contributed by atoms with Crippen molar-refractivity contribution >= 4 is 58.5 Å². The number of amides is 1. The highest BCUT2D eigenvalue weighted by atomic mass is 35.5. The normalized spacial score (nSPS) is 13.6. The maximum atomic E-state index is 12.2. The van der Waals surface area contributed by atoms with E-state index in [2.05, 4.69) is 27.1 Å². The second kappa shape index (κ2) is 9.65. The second-order valence-corrected chi connectivity index (χ2v) is 7.15. The summed E-state index contributed by atoms with van der Waals surface area (Å²) in [7, 11) is 0. The quantitative estimate of drug-likeness (QED) is 0.792. The summed E-state index contributed by atoms with van der Waals surface area (Å²) in [4.78, 5) is 24.7. The summed E-state index contributed by atoms with van der Waals surface area (Å²) in [6.45, 7) is 5.71. The molecular weight excluding hydrogens is 389 g/mol. The van der Waals surface area contributed by atoms with Crippen LogP contribution < -0.4 is 11.1 Å². The first-order valence-electron chi connectivity index (χ1n) is 7.36. The highest BCUT2D eigenvalue weighted by molar-refractivity contribution is 7.16. The lowest BCUT2D eigenvalue weighted by atomic mass is 10.2. The van der Waals surface area contributed by atoms with Gasteiger partial charge < -0.3 is 5.73 Å². The molecule has 134 valence electrons. The van der Waals surface area contributed by atoms with Crippen molar-refractivity contribution in [1.29, 1.82) is 0 Å². The van der Waals surface area contributed by atoms with Gasteiger partial charge in [0.25, 0.3) is 5.91 Å². The molecule has 0 unspecified atom stereocenters. The lowest BCUT2D eigenvalue weighted by Gasteiger charge is -2.23. The highest BCUT2D eigenvalue weighted by Crippen LogP contribution is 2.28. The van der Waals surface area contributed by atoms with Crippen LogP contribution in [0, 0.1) is 0 Å². The van der Waals surface area contributed by atoms with Gasteiger partial charge in [-0.05, 0) is 13.1 Å². The second-order valence-electron chi connectivity index (χ2n) is 5.13. The summed E-state index contributed by atoms with van der Waals surface area (Å²) in [5, 5.41) is 6.20. The number of halogens is 2. The molecule has 1 aliphatic heterocycles. The molecule has 24 heavy (non-hydrogen) atoms.